The SMILES string of the molecule is CCCCCCCCn1c(CCNC(=O)c2cc(OC)c(OC)c(OC)c2)nc2ccccc21. The number of para-hydroxylation sites is 2. The first-order chi connectivity index (χ1) is 16.6. The molecule has 0 aliphatic carbocycles. The van der Waals surface area contributed by atoms with Gasteiger partial charge < -0.3 is 24.1 Å². The van der Waals surface area contributed by atoms with Crippen LogP contribution >= 0.6 is 0 Å². The minimum absolute atomic E-state index is 0.196. The molecule has 1 heterocycles. The van der Waals surface area contributed by atoms with Crippen molar-refractivity contribution >= 4 is 16.9 Å². The second kappa shape index (κ2) is 12.9. The molecule has 3 aromatic rings. The largest absolute Gasteiger partial charge is 0.493 e. The van der Waals surface area contributed by atoms with Crippen molar-refractivity contribution in [2.24, 2.45) is 0 Å². The molecule has 1 amide bonds. The van der Waals surface area contributed by atoms with Crippen LogP contribution in [0.2, 0.25) is 0 Å². The maximum absolute atomic E-state index is 12.8. The van der Waals surface area contributed by atoms with Crippen molar-refractivity contribution in [2.45, 2.75) is 58.4 Å². The molecule has 0 spiro atoms. The number of hydrogen-bond donors (Lipinski definition) is 1. The fraction of sp³-hybridized carbons (Fsp3) is 0.481. The highest BCUT2D eigenvalue weighted by molar-refractivity contribution is 5.95. The van der Waals surface area contributed by atoms with Gasteiger partial charge in [0.2, 0.25) is 5.75 Å². The number of nitrogens with zero attached hydrogens (tertiary/aromatic N) is 2. The van der Waals surface area contributed by atoms with Crippen LogP contribution in [0.25, 0.3) is 11.0 Å². The van der Waals surface area contributed by atoms with Crippen molar-refractivity contribution in [3.8, 4) is 17.2 Å². The number of fused-ring (bicyclic) bond motifs is 1. The number of methoxy groups -OCH3 is 3. The minimum atomic E-state index is -0.196. The number of ether oxygens (including phenoxy) is 3. The van der Waals surface area contributed by atoms with Crippen LogP contribution in [-0.4, -0.2) is 43.3 Å². The molecule has 0 fully saturated rings. The van der Waals surface area contributed by atoms with E-state index >= 15 is 0 Å². The Morgan fingerprint density at radius 1 is 0.941 bits per heavy atom. The second-order valence-corrected chi connectivity index (χ2v) is 8.36. The van der Waals surface area contributed by atoms with Gasteiger partial charge in [0.15, 0.2) is 11.5 Å². The highest BCUT2D eigenvalue weighted by Crippen LogP contribution is 2.38. The summed E-state index contributed by atoms with van der Waals surface area (Å²) in [5.74, 6) is 2.17. The maximum atomic E-state index is 12.8. The third-order valence-electron chi connectivity index (χ3n) is 6.03. The van der Waals surface area contributed by atoms with Crippen LogP contribution in [0.4, 0.5) is 0 Å². The first kappa shape index (κ1) is 25.4. The third kappa shape index (κ3) is 6.22. The summed E-state index contributed by atoms with van der Waals surface area (Å²) in [6.07, 6.45) is 8.17. The molecule has 1 N–H and O–H groups in total. The van der Waals surface area contributed by atoms with Crippen molar-refractivity contribution in [3.05, 3.63) is 47.8 Å². The van der Waals surface area contributed by atoms with Crippen LogP contribution in [0.1, 0.15) is 61.6 Å². The second-order valence-electron chi connectivity index (χ2n) is 8.36. The molecule has 0 aliphatic rings. The molecular weight excluding hydrogens is 430 g/mol. The van der Waals surface area contributed by atoms with E-state index in [4.69, 9.17) is 19.2 Å². The van der Waals surface area contributed by atoms with Crippen molar-refractivity contribution in [1.29, 1.82) is 0 Å². The number of benzene rings is 2. The van der Waals surface area contributed by atoms with Crippen LogP contribution < -0.4 is 19.5 Å². The molecular formula is C27H37N3O4. The molecule has 7 nitrogen and oxygen atoms in total. The fourth-order valence-corrected chi connectivity index (χ4v) is 4.22. The van der Waals surface area contributed by atoms with Gasteiger partial charge in [0.25, 0.3) is 5.91 Å². The fourth-order valence-electron chi connectivity index (χ4n) is 4.22. The molecule has 0 radical (unpaired) electrons. The number of carbonyl (C=O) groups is 1. The highest BCUT2D eigenvalue weighted by atomic mass is 16.5. The van der Waals surface area contributed by atoms with E-state index in [1.165, 1.54) is 53.4 Å². The lowest BCUT2D eigenvalue weighted by molar-refractivity contribution is 0.0953. The standard InChI is InChI=1S/C27H37N3O4/c1-5-6-7-8-9-12-17-30-22-14-11-10-13-21(22)29-25(30)15-16-28-27(31)20-18-23(32-2)26(34-4)24(19-20)33-3/h10-11,13-14,18-19H,5-9,12,15-17H2,1-4H3,(H,28,31). The van der Waals surface area contributed by atoms with Gasteiger partial charge in [-0.05, 0) is 30.7 Å². The van der Waals surface area contributed by atoms with Crippen LogP contribution in [0.15, 0.2) is 36.4 Å². The van der Waals surface area contributed by atoms with E-state index < -0.39 is 0 Å². The number of aryl methyl sites for hydroxylation is 1. The molecule has 0 saturated heterocycles. The number of amides is 1. The van der Waals surface area contributed by atoms with E-state index in [2.05, 4.69) is 28.9 Å². The molecule has 0 saturated carbocycles. The molecule has 7 heteroatoms. The van der Waals surface area contributed by atoms with Gasteiger partial charge in [0.1, 0.15) is 5.82 Å². The first-order valence-corrected chi connectivity index (χ1v) is 12.1. The smallest absolute Gasteiger partial charge is 0.251 e. The predicted molar refractivity (Wildman–Crippen MR) is 135 cm³/mol. The minimum Gasteiger partial charge on any atom is -0.493 e. The van der Waals surface area contributed by atoms with Crippen molar-refractivity contribution in [1.82, 2.24) is 14.9 Å². The van der Waals surface area contributed by atoms with Crippen molar-refractivity contribution in [3.63, 3.8) is 0 Å². The third-order valence-corrected chi connectivity index (χ3v) is 6.03. The molecule has 184 valence electrons. The number of imidazole rings is 1. The zero-order valence-corrected chi connectivity index (χ0v) is 20.9. The van der Waals surface area contributed by atoms with E-state index in [1.54, 1.807) is 12.1 Å². The molecule has 0 aliphatic heterocycles. The van der Waals surface area contributed by atoms with Crippen LogP contribution in [0.5, 0.6) is 17.2 Å². The monoisotopic (exact) mass is 467 g/mol. The summed E-state index contributed by atoms with van der Waals surface area (Å²) in [6, 6.07) is 11.6. The normalized spacial score (nSPS) is 10.9. The van der Waals surface area contributed by atoms with Gasteiger partial charge in [-0.1, -0.05) is 51.2 Å². The molecule has 0 bridgehead atoms. The zero-order valence-electron chi connectivity index (χ0n) is 20.9. The highest BCUT2D eigenvalue weighted by Gasteiger charge is 2.17. The molecule has 0 atom stereocenters. The Bertz CT molecular complexity index is 1050. The van der Waals surface area contributed by atoms with Gasteiger partial charge in [0, 0.05) is 25.1 Å². The quantitative estimate of drug-likeness (QED) is 0.322. The van der Waals surface area contributed by atoms with E-state index in [1.807, 2.05) is 12.1 Å². The number of aromatic nitrogens is 2. The Morgan fingerprint density at radius 3 is 2.29 bits per heavy atom. The van der Waals surface area contributed by atoms with E-state index in [0.29, 0.717) is 35.8 Å². The summed E-state index contributed by atoms with van der Waals surface area (Å²) < 4.78 is 18.4. The van der Waals surface area contributed by atoms with E-state index in [-0.39, 0.29) is 5.91 Å². The average Bonchev–Trinajstić information content (AvgIpc) is 3.22. The van der Waals surface area contributed by atoms with Gasteiger partial charge >= 0.3 is 0 Å². The Morgan fingerprint density at radius 2 is 1.62 bits per heavy atom. The number of unbranched alkanes of at least 4 members (excludes halogenated alkanes) is 5. The van der Waals surface area contributed by atoms with Crippen molar-refractivity contribution < 1.29 is 19.0 Å². The Kier molecular flexibility index (Phi) is 9.62. The summed E-state index contributed by atoms with van der Waals surface area (Å²) in [5.41, 5.74) is 2.61. The van der Waals surface area contributed by atoms with Crippen LogP contribution in [-0.2, 0) is 13.0 Å². The van der Waals surface area contributed by atoms with Gasteiger partial charge in [-0.2, -0.15) is 0 Å². The number of rotatable bonds is 14. The lowest BCUT2D eigenvalue weighted by Crippen LogP contribution is -2.26. The lowest BCUT2D eigenvalue weighted by Gasteiger charge is -2.14. The number of nitrogens with one attached hydrogen (secondary N) is 1. The van der Waals surface area contributed by atoms with Crippen LogP contribution in [0.3, 0.4) is 0 Å². The van der Waals surface area contributed by atoms with Gasteiger partial charge in [-0.15, -0.1) is 0 Å². The van der Waals surface area contributed by atoms with E-state index in [9.17, 15) is 4.79 Å². The molecule has 34 heavy (non-hydrogen) atoms. The van der Waals surface area contributed by atoms with Gasteiger partial charge in [-0.25, -0.2) is 4.98 Å². The number of hydrogen-bond acceptors (Lipinski definition) is 5. The summed E-state index contributed by atoms with van der Waals surface area (Å²) in [5, 5.41) is 3.01. The molecule has 3 rings (SSSR count). The summed E-state index contributed by atoms with van der Waals surface area (Å²) >= 11 is 0. The number of carbonyl (C=O) groups excluding carboxylic acids is 1. The predicted octanol–water partition coefficient (Wildman–Crippen LogP) is 5.40. The Balaban J connectivity index is 1.65. The topological polar surface area (TPSA) is 74.6 Å². The first-order valence-electron chi connectivity index (χ1n) is 12.1. The molecule has 0 unspecified atom stereocenters. The maximum Gasteiger partial charge on any atom is 0.251 e. The van der Waals surface area contributed by atoms with Crippen molar-refractivity contribution in [2.75, 3.05) is 27.9 Å². The average molecular weight is 468 g/mol. The van der Waals surface area contributed by atoms with E-state index in [0.717, 1.165) is 29.8 Å². The Labute approximate surface area is 202 Å². The summed E-state index contributed by atoms with van der Waals surface area (Å²) in [4.78, 5) is 17.7. The zero-order chi connectivity index (χ0) is 24.3. The lowest BCUT2D eigenvalue weighted by atomic mass is 10.1. The van der Waals surface area contributed by atoms with Gasteiger partial charge in [0.05, 0.1) is 32.4 Å². The molecule has 2 aromatic carbocycles. The Hall–Kier alpha value is -3.22. The molecule has 1 aromatic heterocycles. The summed E-state index contributed by atoms with van der Waals surface area (Å²) in [6.45, 7) is 3.67. The van der Waals surface area contributed by atoms with Gasteiger partial charge in [-0.3, -0.25) is 4.79 Å². The summed E-state index contributed by atoms with van der Waals surface area (Å²) in [7, 11) is 4.61. The van der Waals surface area contributed by atoms with Crippen LogP contribution in [0, 0.1) is 0 Å².